The van der Waals surface area contributed by atoms with Gasteiger partial charge >= 0.3 is 12.1 Å². The van der Waals surface area contributed by atoms with Gasteiger partial charge in [-0.2, -0.15) is 18.3 Å². The molecule has 0 fully saturated rings. The normalized spacial score (nSPS) is 11.4. The van der Waals surface area contributed by atoms with Crippen molar-refractivity contribution in [3.63, 3.8) is 0 Å². The van der Waals surface area contributed by atoms with Gasteiger partial charge in [0, 0.05) is 17.7 Å². The van der Waals surface area contributed by atoms with Crippen LogP contribution in [0.5, 0.6) is 0 Å². The van der Waals surface area contributed by atoms with Gasteiger partial charge < -0.3 is 5.11 Å². The largest absolute Gasteiger partial charge is 0.477 e. The molecule has 1 aromatic carbocycles. The number of hydrogen-bond donors (Lipinski definition) is 2. The number of aromatic nitrogens is 2. The molecule has 0 aliphatic rings. The van der Waals surface area contributed by atoms with E-state index in [-0.39, 0.29) is 17.0 Å². The van der Waals surface area contributed by atoms with Gasteiger partial charge in [-0.25, -0.2) is 4.79 Å². The third kappa shape index (κ3) is 2.99. The van der Waals surface area contributed by atoms with Crippen molar-refractivity contribution in [1.82, 2.24) is 10.2 Å². The lowest BCUT2D eigenvalue weighted by Crippen LogP contribution is -2.06. The summed E-state index contributed by atoms with van der Waals surface area (Å²) < 4.78 is 38.1. The minimum Gasteiger partial charge on any atom is -0.477 e. The van der Waals surface area contributed by atoms with Crippen molar-refractivity contribution < 1.29 is 28.0 Å². The first-order chi connectivity index (χ1) is 9.68. The van der Waals surface area contributed by atoms with Gasteiger partial charge in [-0.3, -0.25) is 15.2 Å². The molecule has 110 valence electrons. The number of halogens is 3. The van der Waals surface area contributed by atoms with Crippen LogP contribution in [0.3, 0.4) is 0 Å². The molecule has 1 heterocycles. The first kappa shape index (κ1) is 14.5. The van der Waals surface area contributed by atoms with Crippen LogP contribution < -0.4 is 0 Å². The lowest BCUT2D eigenvalue weighted by Gasteiger charge is -2.07. The van der Waals surface area contributed by atoms with Crippen LogP contribution in [0.15, 0.2) is 24.3 Å². The second-order valence-corrected chi connectivity index (χ2v) is 4.00. The zero-order chi connectivity index (χ0) is 15.8. The van der Waals surface area contributed by atoms with Crippen molar-refractivity contribution in [3.8, 4) is 11.3 Å². The molecular formula is C11H6F3N3O4. The van der Waals surface area contributed by atoms with E-state index < -0.39 is 28.3 Å². The van der Waals surface area contributed by atoms with Crippen molar-refractivity contribution in [2.45, 2.75) is 6.18 Å². The summed E-state index contributed by atoms with van der Waals surface area (Å²) in [5, 5.41) is 25.1. The number of benzene rings is 1. The Morgan fingerprint density at radius 1 is 1.29 bits per heavy atom. The van der Waals surface area contributed by atoms with Crippen LogP contribution in [0, 0.1) is 10.1 Å². The van der Waals surface area contributed by atoms with E-state index in [0.29, 0.717) is 12.1 Å². The number of nitro groups is 1. The maximum atomic E-state index is 12.7. The highest BCUT2D eigenvalue weighted by molar-refractivity contribution is 5.87. The number of non-ortho nitro benzene ring substituents is 1. The second-order valence-electron chi connectivity index (χ2n) is 4.00. The third-order valence-electron chi connectivity index (χ3n) is 2.56. The average molecular weight is 301 g/mol. The fraction of sp³-hybridized carbons (Fsp3) is 0.0909. The summed E-state index contributed by atoms with van der Waals surface area (Å²) in [5.41, 5.74) is -2.67. The lowest BCUT2D eigenvalue weighted by molar-refractivity contribution is -0.385. The number of carboxylic acids is 1. The second kappa shape index (κ2) is 4.89. The molecule has 0 bridgehead atoms. The highest BCUT2D eigenvalue weighted by Gasteiger charge is 2.33. The Morgan fingerprint density at radius 3 is 2.43 bits per heavy atom. The van der Waals surface area contributed by atoms with Crippen molar-refractivity contribution in [1.29, 1.82) is 0 Å². The van der Waals surface area contributed by atoms with Gasteiger partial charge in [-0.05, 0) is 12.1 Å². The number of hydrogen-bond acceptors (Lipinski definition) is 4. The van der Waals surface area contributed by atoms with Gasteiger partial charge in [0.25, 0.3) is 5.69 Å². The van der Waals surface area contributed by atoms with E-state index in [9.17, 15) is 28.1 Å². The molecule has 1 aromatic heterocycles. The van der Waals surface area contributed by atoms with Crippen molar-refractivity contribution in [3.05, 3.63) is 45.6 Å². The molecule has 0 saturated carbocycles. The average Bonchev–Trinajstić information content (AvgIpc) is 2.86. The van der Waals surface area contributed by atoms with Gasteiger partial charge in [0.05, 0.1) is 16.2 Å². The molecule has 0 radical (unpaired) electrons. The number of nitrogens with one attached hydrogen (secondary N) is 1. The number of nitrogens with zero attached hydrogens (tertiary/aromatic N) is 2. The molecule has 2 aromatic rings. The van der Waals surface area contributed by atoms with E-state index in [1.54, 1.807) is 0 Å². The molecular weight excluding hydrogens is 295 g/mol. The van der Waals surface area contributed by atoms with E-state index in [1.807, 2.05) is 0 Å². The Morgan fingerprint density at radius 2 is 1.95 bits per heavy atom. The summed E-state index contributed by atoms with van der Waals surface area (Å²) in [6.45, 7) is 0. The Balaban J connectivity index is 2.59. The first-order valence-electron chi connectivity index (χ1n) is 5.34. The van der Waals surface area contributed by atoms with Gasteiger partial charge in [0.1, 0.15) is 5.69 Å². The fourth-order valence-electron chi connectivity index (χ4n) is 1.61. The number of H-pyrrole nitrogens is 1. The fourth-order valence-corrected chi connectivity index (χ4v) is 1.61. The predicted molar refractivity (Wildman–Crippen MR) is 62.6 cm³/mol. The molecule has 0 atom stereocenters. The van der Waals surface area contributed by atoms with E-state index in [1.165, 1.54) is 0 Å². The Kier molecular flexibility index (Phi) is 3.37. The summed E-state index contributed by atoms with van der Waals surface area (Å²) in [6.07, 6.45) is -4.77. The number of carboxylic acid groups (broad SMARTS) is 1. The Hall–Kier alpha value is -2.91. The first-order valence-corrected chi connectivity index (χ1v) is 5.34. The predicted octanol–water partition coefficient (Wildman–Crippen LogP) is 2.70. The number of rotatable bonds is 3. The monoisotopic (exact) mass is 301 g/mol. The van der Waals surface area contributed by atoms with Crippen LogP contribution in [0.4, 0.5) is 18.9 Å². The number of carbonyl (C=O) groups is 1. The van der Waals surface area contributed by atoms with Crippen LogP contribution in [0.25, 0.3) is 11.3 Å². The number of alkyl halides is 3. The highest BCUT2D eigenvalue weighted by Crippen LogP contribution is 2.35. The zero-order valence-electron chi connectivity index (χ0n) is 10.0. The van der Waals surface area contributed by atoms with E-state index in [4.69, 9.17) is 5.11 Å². The summed E-state index contributed by atoms with van der Waals surface area (Å²) in [7, 11) is 0. The summed E-state index contributed by atoms with van der Waals surface area (Å²) >= 11 is 0. The summed E-state index contributed by atoms with van der Waals surface area (Å²) in [4.78, 5) is 20.4. The molecule has 0 amide bonds. The SMILES string of the molecule is O=C(O)c1cc(-c2cc([N+](=O)[O-])cc(C(F)(F)F)c2)n[nH]1. The maximum Gasteiger partial charge on any atom is 0.416 e. The molecule has 21 heavy (non-hydrogen) atoms. The Bertz CT molecular complexity index is 724. The van der Waals surface area contributed by atoms with E-state index in [0.717, 1.165) is 12.1 Å². The summed E-state index contributed by atoms with van der Waals surface area (Å²) in [5.74, 6) is -1.35. The van der Waals surface area contributed by atoms with Gasteiger partial charge in [-0.1, -0.05) is 0 Å². The van der Waals surface area contributed by atoms with Gasteiger partial charge in [-0.15, -0.1) is 0 Å². The highest BCUT2D eigenvalue weighted by atomic mass is 19.4. The molecule has 7 nitrogen and oxygen atoms in total. The molecule has 2 rings (SSSR count). The Labute approximate surface area is 114 Å². The number of aromatic amines is 1. The van der Waals surface area contributed by atoms with Crippen LogP contribution in [-0.4, -0.2) is 26.2 Å². The van der Waals surface area contributed by atoms with Crippen LogP contribution in [0.2, 0.25) is 0 Å². The van der Waals surface area contributed by atoms with Crippen molar-refractivity contribution in [2.24, 2.45) is 0 Å². The van der Waals surface area contributed by atoms with Gasteiger partial charge in [0.2, 0.25) is 0 Å². The minimum absolute atomic E-state index is 0.137. The quantitative estimate of drug-likeness (QED) is 0.669. The molecule has 10 heteroatoms. The van der Waals surface area contributed by atoms with Gasteiger partial charge in [0.15, 0.2) is 0 Å². The number of nitro benzene ring substituents is 1. The van der Waals surface area contributed by atoms with E-state index >= 15 is 0 Å². The van der Waals surface area contributed by atoms with E-state index in [2.05, 4.69) is 10.2 Å². The number of aromatic carboxylic acids is 1. The minimum atomic E-state index is -4.77. The summed E-state index contributed by atoms with van der Waals surface area (Å²) in [6, 6.07) is 2.93. The van der Waals surface area contributed by atoms with Crippen LogP contribution >= 0.6 is 0 Å². The topological polar surface area (TPSA) is 109 Å². The zero-order valence-corrected chi connectivity index (χ0v) is 10.0. The molecule has 2 N–H and O–H groups in total. The van der Waals surface area contributed by atoms with Crippen molar-refractivity contribution in [2.75, 3.05) is 0 Å². The van der Waals surface area contributed by atoms with Crippen LogP contribution in [0.1, 0.15) is 16.1 Å². The molecule has 0 saturated heterocycles. The lowest BCUT2D eigenvalue weighted by atomic mass is 10.1. The smallest absolute Gasteiger partial charge is 0.416 e. The molecule has 0 spiro atoms. The van der Waals surface area contributed by atoms with Crippen LogP contribution in [-0.2, 0) is 6.18 Å². The molecule has 0 aliphatic heterocycles. The molecule has 0 unspecified atom stereocenters. The van der Waals surface area contributed by atoms with Crippen molar-refractivity contribution >= 4 is 11.7 Å². The standard InChI is InChI=1S/C11H6F3N3O4/c12-11(13,14)6-1-5(2-7(3-6)17(20)21)8-4-9(10(18)19)16-15-8/h1-4H,(H,15,16)(H,18,19). The molecule has 0 aliphatic carbocycles. The maximum absolute atomic E-state index is 12.7. The third-order valence-corrected chi connectivity index (χ3v) is 2.56.